The fraction of sp³-hybridized carbons (Fsp3) is 1.00. The highest BCUT2D eigenvalue weighted by Gasteiger charge is 2.20. The van der Waals surface area contributed by atoms with Gasteiger partial charge in [-0.05, 0) is 44.2 Å². The molecular formula is C11H23NO3S. The highest BCUT2D eigenvalue weighted by atomic mass is 32.2. The van der Waals surface area contributed by atoms with E-state index in [2.05, 4.69) is 12.2 Å². The summed E-state index contributed by atoms with van der Waals surface area (Å²) >= 11 is 0. The van der Waals surface area contributed by atoms with E-state index in [1.54, 1.807) is 0 Å². The molecule has 1 fully saturated rings. The first kappa shape index (κ1) is 13.9. The third-order valence-electron chi connectivity index (χ3n) is 3.29. The van der Waals surface area contributed by atoms with Gasteiger partial charge in [-0.25, -0.2) is 0 Å². The molecule has 0 aromatic carbocycles. The zero-order chi connectivity index (χ0) is 12.0. The maximum atomic E-state index is 10.4. The molecule has 2 atom stereocenters. The fourth-order valence-electron chi connectivity index (χ4n) is 2.40. The Morgan fingerprint density at radius 2 is 2.06 bits per heavy atom. The Morgan fingerprint density at radius 1 is 1.31 bits per heavy atom. The molecule has 1 aliphatic rings. The number of hydrogen-bond donors (Lipinski definition) is 2. The normalized spacial score (nSPS) is 26.1. The van der Waals surface area contributed by atoms with E-state index in [0.29, 0.717) is 13.0 Å². The van der Waals surface area contributed by atoms with Gasteiger partial charge >= 0.3 is 0 Å². The van der Waals surface area contributed by atoms with E-state index in [-0.39, 0.29) is 5.75 Å². The predicted molar refractivity (Wildman–Crippen MR) is 65.0 cm³/mol. The SMILES string of the molecule is CC1CCC(CCNCCCS(=O)(=O)O)C1. The molecule has 0 bridgehead atoms. The minimum Gasteiger partial charge on any atom is -0.317 e. The summed E-state index contributed by atoms with van der Waals surface area (Å²) in [5.74, 6) is 1.59. The van der Waals surface area contributed by atoms with E-state index in [1.165, 1.54) is 25.7 Å². The van der Waals surface area contributed by atoms with Crippen LogP contribution in [0.1, 0.15) is 39.0 Å². The van der Waals surface area contributed by atoms with Crippen LogP contribution in [-0.4, -0.2) is 31.8 Å². The van der Waals surface area contributed by atoms with Gasteiger partial charge in [0.15, 0.2) is 0 Å². The number of nitrogens with one attached hydrogen (secondary N) is 1. The van der Waals surface area contributed by atoms with E-state index in [1.807, 2.05) is 0 Å². The molecule has 2 unspecified atom stereocenters. The molecule has 0 radical (unpaired) electrons. The lowest BCUT2D eigenvalue weighted by molar-refractivity contribution is 0.457. The summed E-state index contributed by atoms with van der Waals surface area (Å²) in [5, 5.41) is 3.22. The second-order valence-electron chi connectivity index (χ2n) is 4.96. The molecule has 1 aliphatic carbocycles. The van der Waals surface area contributed by atoms with Crippen molar-refractivity contribution in [2.75, 3.05) is 18.8 Å². The maximum absolute atomic E-state index is 10.4. The summed E-state index contributed by atoms with van der Waals surface area (Å²) in [6.07, 6.45) is 5.71. The van der Waals surface area contributed by atoms with Gasteiger partial charge in [-0.3, -0.25) is 4.55 Å². The molecule has 0 saturated heterocycles. The topological polar surface area (TPSA) is 66.4 Å². The van der Waals surface area contributed by atoms with Crippen molar-refractivity contribution in [3.63, 3.8) is 0 Å². The maximum Gasteiger partial charge on any atom is 0.264 e. The second-order valence-corrected chi connectivity index (χ2v) is 6.53. The molecule has 0 aromatic rings. The zero-order valence-corrected chi connectivity index (χ0v) is 10.8. The molecule has 5 heteroatoms. The Labute approximate surface area is 98.6 Å². The third-order valence-corrected chi connectivity index (χ3v) is 4.09. The minimum absolute atomic E-state index is 0.138. The monoisotopic (exact) mass is 249 g/mol. The zero-order valence-electron chi connectivity index (χ0n) is 9.98. The molecule has 0 aromatic heterocycles. The summed E-state index contributed by atoms with van der Waals surface area (Å²) in [4.78, 5) is 0. The Hall–Kier alpha value is -0.130. The molecule has 4 nitrogen and oxygen atoms in total. The van der Waals surface area contributed by atoms with Crippen molar-refractivity contribution < 1.29 is 13.0 Å². The van der Waals surface area contributed by atoms with E-state index in [0.717, 1.165) is 18.4 Å². The molecule has 0 amide bonds. The first-order valence-electron chi connectivity index (χ1n) is 6.13. The summed E-state index contributed by atoms with van der Waals surface area (Å²) < 4.78 is 29.4. The van der Waals surface area contributed by atoms with E-state index in [4.69, 9.17) is 4.55 Å². The van der Waals surface area contributed by atoms with Crippen LogP contribution in [0.25, 0.3) is 0 Å². The predicted octanol–water partition coefficient (Wildman–Crippen LogP) is 1.68. The van der Waals surface area contributed by atoms with Gasteiger partial charge in [-0.2, -0.15) is 8.42 Å². The van der Waals surface area contributed by atoms with Gasteiger partial charge in [0.1, 0.15) is 0 Å². The largest absolute Gasteiger partial charge is 0.317 e. The molecular weight excluding hydrogens is 226 g/mol. The van der Waals surface area contributed by atoms with Gasteiger partial charge in [0.25, 0.3) is 10.1 Å². The smallest absolute Gasteiger partial charge is 0.264 e. The van der Waals surface area contributed by atoms with Crippen molar-refractivity contribution in [1.29, 1.82) is 0 Å². The third kappa shape index (κ3) is 6.45. The summed E-state index contributed by atoms with van der Waals surface area (Å²) in [5.41, 5.74) is 0. The van der Waals surface area contributed by atoms with Crippen LogP contribution < -0.4 is 5.32 Å². The molecule has 2 N–H and O–H groups in total. The highest BCUT2D eigenvalue weighted by molar-refractivity contribution is 7.85. The van der Waals surface area contributed by atoms with Crippen LogP contribution >= 0.6 is 0 Å². The average molecular weight is 249 g/mol. The summed E-state index contributed by atoms with van der Waals surface area (Å²) in [6, 6.07) is 0. The van der Waals surface area contributed by atoms with Gasteiger partial charge in [-0.15, -0.1) is 0 Å². The van der Waals surface area contributed by atoms with Crippen LogP contribution in [0.4, 0.5) is 0 Å². The van der Waals surface area contributed by atoms with Gasteiger partial charge in [0.2, 0.25) is 0 Å². The molecule has 0 spiro atoms. The molecule has 1 rings (SSSR count). The average Bonchev–Trinajstić information content (AvgIpc) is 2.56. The Morgan fingerprint density at radius 3 is 2.62 bits per heavy atom. The van der Waals surface area contributed by atoms with Crippen molar-refractivity contribution in [3.8, 4) is 0 Å². The first-order chi connectivity index (χ1) is 7.47. The highest BCUT2D eigenvalue weighted by Crippen LogP contribution is 2.31. The van der Waals surface area contributed by atoms with E-state index >= 15 is 0 Å². The lowest BCUT2D eigenvalue weighted by atomic mass is 10.0. The van der Waals surface area contributed by atoms with Crippen LogP contribution in [0.5, 0.6) is 0 Å². The van der Waals surface area contributed by atoms with Gasteiger partial charge < -0.3 is 5.32 Å². The quantitative estimate of drug-likeness (QED) is 0.532. The lowest BCUT2D eigenvalue weighted by Crippen LogP contribution is -2.21. The van der Waals surface area contributed by atoms with E-state index in [9.17, 15) is 8.42 Å². The van der Waals surface area contributed by atoms with Crippen molar-refractivity contribution >= 4 is 10.1 Å². The molecule has 96 valence electrons. The van der Waals surface area contributed by atoms with Crippen LogP contribution in [0.3, 0.4) is 0 Å². The first-order valence-corrected chi connectivity index (χ1v) is 7.74. The van der Waals surface area contributed by atoms with Crippen LogP contribution in [0.15, 0.2) is 0 Å². The van der Waals surface area contributed by atoms with Crippen molar-refractivity contribution in [1.82, 2.24) is 5.32 Å². The van der Waals surface area contributed by atoms with Crippen LogP contribution in [0.2, 0.25) is 0 Å². The summed E-state index contributed by atoms with van der Waals surface area (Å²) in [6.45, 7) is 3.93. The second kappa shape index (κ2) is 6.57. The standard InChI is InChI=1S/C11H23NO3S/c1-10-3-4-11(9-10)5-7-12-6-2-8-16(13,14)15/h10-12H,2-9H2,1H3,(H,13,14,15). The van der Waals surface area contributed by atoms with Crippen molar-refractivity contribution in [2.24, 2.45) is 11.8 Å². The van der Waals surface area contributed by atoms with Crippen LogP contribution in [0, 0.1) is 11.8 Å². The Bertz CT molecular complexity index is 290. The summed E-state index contributed by atoms with van der Waals surface area (Å²) in [7, 11) is -3.77. The Kier molecular flexibility index (Phi) is 5.72. The molecule has 16 heavy (non-hydrogen) atoms. The van der Waals surface area contributed by atoms with Gasteiger partial charge in [0, 0.05) is 0 Å². The van der Waals surface area contributed by atoms with Crippen molar-refractivity contribution in [3.05, 3.63) is 0 Å². The van der Waals surface area contributed by atoms with E-state index < -0.39 is 10.1 Å². The molecule has 0 heterocycles. The van der Waals surface area contributed by atoms with Gasteiger partial charge in [0.05, 0.1) is 5.75 Å². The van der Waals surface area contributed by atoms with Gasteiger partial charge in [-0.1, -0.05) is 19.8 Å². The molecule has 1 saturated carbocycles. The Balaban J connectivity index is 1.92. The lowest BCUT2D eigenvalue weighted by Gasteiger charge is -2.09. The minimum atomic E-state index is -3.77. The van der Waals surface area contributed by atoms with Crippen LogP contribution in [-0.2, 0) is 10.1 Å². The fourth-order valence-corrected chi connectivity index (χ4v) is 2.91. The number of rotatable bonds is 7. The molecule has 0 aliphatic heterocycles. The van der Waals surface area contributed by atoms with Crippen molar-refractivity contribution in [2.45, 2.75) is 39.0 Å². The number of hydrogen-bond acceptors (Lipinski definition) is 3.